The van der Waals surface area contributed by atoms with Crippen LogP contribution >= 0.6 is 0 Å². The summed E-state index contributed by atoms with van der Waals surface area (Å²) in [7, 11) is -1.95. The smallest absolute Gasteiger partial charge is 0.192 e. The lowest BCUT2D eigenvalue weighted by atomic mass is 10.0. The first-order valence-electron chi connectivity index (χ1n) is 7.79. The molecule has 1 aliphatic heterocycles. The van der Waals surface area contributed by atoms with Gasteiger partial charge in [0.25, 0.3) is 0 Å². The molecule has 0 saturated carbocycles. The van der Waals surface area contributed by atoms with Crippen LogP contribution in [0, 0.1) is 0 Å². The molecule has 0 radical (unpaired) electrons. The molecular weight excluding hydrogens is 300 g/mol. The van der Waals surface area contributed by atoms with Crippen molar-refractivity contribution in [1.82, 2.24) is 0 Å². The fraction of sp³-hybridized carbons (Fsp3) is 0.875. The van der Waals surface area contributed by atoms with Crippen LogP contribution in [0.2, 0.25) is 18.1 Å². The molecule has 0 bridgehead atoms. The molecular formula is C16H32O5Si. The molecule has 2 unspecified atom stereocenters. The van der Waals surface area contributed by atoms with Crippen molar-refractivity contribution in [2.24, 2.45) is 0 Å². The Balaban J connectivity index is 2.75. The van der Waals surface area contributed by atoms with Gasteiger partial charge in [0.05, 0.1) is 6.61 Å². The van der Waals surface area contributed by atoms with Crippen LogP contribution in [0.25, 0.3) is 0 Å². The molecule has 22 heavy (non-hydrogen) atoms. The lowest BCUT2D eigenvalue weighted by Crippen LogP contribution is -2.48. The Morgan fingerprint density at radius 1 is 1.23 bits per heavy atom. The lowest BCUT2D eigenvalue weighted by Gasteiger charge is -2.37. The van der Waals surface area contributed by atoms with Crippen molar-refractivity contribution in [3.8, 4) is 0 Å². The Morgan fingerprint density at radius 2 is 1.73 bits per heavy atom. The molecule has 0 amide bonds. The van der Waals surface area contributed by atoms with Gasteiger partial charge in [0, 0.05) is 0 Å². The van der Waals surface area contributed by atoms with Gasteiger partial charge in [-0.2, -0.15) is 0 Å². The summed E-state index contributed by atoms with van der Waals surface area (Å²) >= 11 is 0. The van der Waals surface area contributed by atoms with Crippen molar-refractivity contribution in [3.63, 3.8) is 0 Å². The molecule has 1 fully saturated rings. The molecule has 0 spiro atoms. The Labute approximate surface area is 135 Å². The van der Waals surface area contributed by atoms with Crippen molar-refractivity contribution < 1.29 is 24.1 Å². The van der Waals surface area contributed by atoms with E-state index in [9.17, 15) is 10.2 Å². The largest absolute Gasteiger partial charge is 0.414 e. The van der Waals surface area contributed by atoms with Crippen molar-refractivity contribution in [1.29, 1.82) is 0 Å². The first-order chi connectivity index (χ1) is 9.81. The van der Waals surface area contributed by atoms with Crippen molar-refractivity contribution in [3.05, 3.63) is 12.7 Å². The van der Waals surface area contributed by atoms with E-state index in [1.54, 1.807) is 13.8 Å². The Hall–Kier alpha value is -0.243. The van der Waals surface area contributed by atoms with E-state index < -0.39 is 38.5 Å². The van der Waals surface area contributed by atoms with E-state index in [1.165, 1.54) is 6.08 Å². The molecule has 1 rings (SSSR count). The Morgan fingerprint density at radius 3 is 2.18 bits per heavy atom. The van der Waals surface area contributed by atoms with Crippen molar-refractivity contribution >= 4 is 8.32 Å². The topological polar surface area (TPSA) is 68.2 Å². The zero-order valence-corrected chi connectivity index (χ0v) is 15.9. The van der Waals surface area contributed by atoms with Crippen molar-refractivity contribution in [2.75, 3.05) is 6.61 Å². The summed E-state index contributed by atoms with van der Waals surface area (Å²) in [5.74, 6) is -0.850. The fourth-order valence-electron chi connectivity index (χ4n) is 2.12. The summed E-state index contributed by atoms with van der Waals surface area (Å²) in [6.45, 7) is 18.0. The third-order valence-corrected chi connectivity index (χ3v) is 9.04. The molecule has 6 heteroatoms. The quantitative estimate of drug-likeness (QED) is 0.577. The normalized spacial score (nSPS) is 28.4. The minimum absolute atomic E-state index is 0.0685. The van der Waals surface area contributed by atoms with E-state index in [1.807, 2.05) is 0 Å². The minimum Gasteiger partial charge on any atom is -0.414 e. The maximum absolute atomic E-state index is 10.5. The molecule has 1 heterocycles. The third kappa shape index (κ3) is 4.63. The minimum atomic E-state index is -1.95. The highest BCUT2D eigenvalue weighted by Gasteiger charge is 2.48. The number of aliphatic hydroxyl groups is 2. The summed E-state index contributed by atoms with van der Waals surface area (Å²) in [5.41, 5.74) is 0. The van der Waals surface area contributed by atoms with E-state index >= 15 is 0 Å². The van der Waals surface area contributed by atoms with Crippen LogP contribution in [0.15, 0.2) is 12.7 Å². The maximum atomic E-state index is 10.5. The van der Waals surface area contributed by atoms with E-state index in [0.717, 1.165) is 0 Å². The van der Waals surface area contributed by atoms with Gasteiger partial charge in [-0.25, -0.2) is 0 Å². The molecule has 1 aliphatic rings. The average Bonchev–Trinajstić information content (AvgIpc) is 2.70. The zero-order chi connectivity index (χ0) is 17.3. The van der Waals surface area contributed by atoms with Crippen molar-refractivity contribution in [2.45, 2.75) is 83.0 Å². The highest BCUT2D eigenvalue weighted by atomic mass is 28.4. The highest BCUT2D eigenvalue weighted by molar-refractivity contribution is 6.74. The van der Waals surface area contributed by atoms with Crippen LogP contribution in [-0.2, 0) is 13.9 Å². The second-order valence-corrected chi connectivity index (χ2v) is 12.7. The Kier molecular flexibility index (Phi) is 6.04. The summed E-state index contributed by atoms with van der Waals surface area (Å²) < 4.78 is 17.5. The van der Waals surface area contributed by atoms with Gasteiger partial charge in [0.2, 0.25) is 0 Å². The number of hydrogen-bond acceptors (Lipinski definition) is 5. The van der Waals surface area contributed by atoms with Crippen LogP contribution in [0.3, 0.4) is 0 Å². The van der Waals surface area contributed by atoms with Crippen LogP contribution in [0.4, 0.5) is 0 Å². The van der Waals surface area contributed by atoms with Gasteiger partial charge in [0.1, 0.15) is 24.4 Å². The first-order valence-corrected chi connectivity index (χ1v) is 10.7. The molecule has 0 aliphatic carbocycles. The zero-order valence-electron chi connectivity index (χ0n) is 14.9. The first kappa shape index (κ1) is 19.8. The maximum Gasteiger partial charge on any atom is 0.192 e. The van der Waals surface area contributed by atoms with Gasteiger partial charge in [-0.15, -0.1) is 6.58 Å². The molecule has 1 saturated heterocycles. The van der Waals surface area contributed by atoms with E-state index in [0.29, 0.717) is 0 Å². The Bertz CT molecular complexity index is 388. The molecule has 0 aromatic carbocycles. The number of aliphatic hydroxyl groups excluding tert-OH is 2. The van der Waals surface area contributed by atoms with Gasteiger partial charge in [-0.1, -0.05) is 26.8 Å². The predicted molar refractivity (Wildman–Crippen MR) is 89.2 cm³/mol. The van der Waals surface area contributed by atoms with E-state index in [4.69, 9.17) is 13.9 Å². The molecule has 5 nitrogen and oxygen atoms in total. The van der Waals surface area contributed by atoms with Crippen LogP contribution in [0.1, 0.15) is 34.6 Å². The molecule has 130 valence electrons. The van der Waals surface area contributed by atoms with Gasteiger partial charge in [-0.3, -0.25) is 0 Å². The van der Waals surface area contributed by atoms with Crippen LogP contribution < -0.4 is 0 Å². The summed E-state index contributed by atoms with van der Waals surface area (Å²) in [6, 6.07) is 0. The standard InChI is InChI=1S/C16H32O5Si/c1-9-11(17)13-14(21-16(5,6)20-13)12(18)10-19-22(7,8)15(2,3)4/h9,11-14,17-18H,1,10H2,2-8H3/t11?,12-,13?,14+/m1/s1. The monoisotopic (exact) mass is 332 g/mol. The highest BCUT2D eigenvalue weighted by Crippen LogP contribution is 2.37. The van der Waals surface area contributed by atoms with Gasteiger partial charge in [-0.05, 0) is 32.0 Å². The predicted octanol–water partition coefficient (Wildman–Crippen LogP) is 2.44. The third-order valence-electron chi connectivity index (χ3n) is 4.54. The van der Waals surface area contributed by atoms with Gasteiger partial charge >= 0.3 is 0 Å². The fourth-order valence-corrected chi connectivity index (χ4v) is 3.14. The molecule has 4 atom stereocenters. The van der Waals surface area contributed by atoms with Gasteiger partial charge < -0.3 is 24.1 Å². The second kappa shape index (κ2) is 6.71. The van der Waals surface area contributed by atoms with Crippen LogP contribution in [-0.4, -0.2) is 55.3 Å². The van der Waals surface area contributed by atoms with E-state index in [-0.39, 0.29) is 11.6 Å². The van der Waals surface area contributed by atoms with Gasteiger partial charge in [0.15, 0.2) is 14.1 Å². The summed E-state index contributed by atoms with van der Waals surface area (Å²) in [6.07, 6.45) is -1.66. The number of hydrogen-bond donors (Lipinski definition) is 2. The molecule has 0 aromatic heterocycles. The summed E-state index contributed by atoms with van der Waals surface area (Å²) in [4.78, 5) is 0. The van der Waals surface area contributed by atoms with Crippen LogP contribution in [0.5, 0.6) is 0 Å². The average molecular weight is 333 g/mol. The lowest BCUT2D eigenvalue weighted by molar-refractivity contribution is -0.160. The molecule has 2 N–H and O–H groups in total. The van der Waals surface area contributed by atoms with E-state index in [2.05, 4.69) is 40.4 Å². The summed E-state index contributed by atoms with van der Waals surface area (Å²) in [5, 5.41) is 20.5. The number of ether oxygens (including phenoxy) is 2. The number of rotatable bonds is 6. The SMILES string of the molecule is C=CC(O)C1OC(C)(C)O[C@H]1[C@H](O)CO[Si](C)(C)C(C)(C)C. The molecule has 0 aromatic rings. The second-order valence-electron chi connectivity index (χ2n) is 7.93.